The van der Waals surface area contributed by atoms with Gasteiger partial charge in [-0.2, -0.15) is 0 Å². The molecule has 0 atom stereocenters. The fraction of sp³-hybridized carbons (Fsp3) is 0.429. The van der Waals surface area contributed by atoms with E-state index in [1.54, 1.807) is 0 Å². The Labute approximate surface area is 138 Å². The number of benzene rings is 2. The standard InChI is InChI=1S/C21H27S/c1-4-10-19(11-5-1)16-22(17-20-12-6-2-7-13-20)18-21-14-8-3-9-15-21/h1-2,4-7,10-13,21H,3,8-9,14-18H2/q+1. The summed E-state index contributed by atoms with van der Waals surface area (Å²) in [6.45, 7) is 0. The molecule has 0 nitrogen and oxygen atoms in total. The molecule has 0 aliphatic heterocycles. The molecule has 1 saturated carbocycles. The Morgan fingerprint density at radius 2 is 1.18 bits per heavy atom. The van der Waals surface area contributed by atoms with Crippen molar-refractivity contribution in [3.05, 3.63) is 71.8 Å². The normalized spacial score (nSPS) is 16.0. The zero-order valence-electron chi connectivity index (χ0n) is 13.4. The molecule has 2 aromatic rings. The summed E-state index contributed by atoms with van der Waals surface area (Å²) in [5.74, 6) is 4.92. The summed E-state index contributed by atoms with van der Waals surface area (Å²) < 4.78 is 0. The quantitative estimate of drug-likeness (QED) is 0.610. The van der Waals surface area contributed by atoms with Gasteiger partial charge in [0.2, 0.25) is 0 Å². The monoisotopic (exact) mass is 311 g/mol. The summed E-state index contributed by atoms with van der Waals surface area (Å²) in [5, 5.41) is 0. The minimum Gasteiger partial charge on any atom is -0.0622 e. The van der Waals surface area contributed by atoms with Gasteiger partial charge in [-0.1, -0.05) is 79.9 Å². The third-order valence-corrected chi connectivity index (χ3v) is 7.05. The van der Waals surface area contributed by atoms with Crippen LogP contribution in [-0.2, 0) is 22.4 Å². The van der Waals surface area contributed by atoms with E-state index in [2.05, 4.69) is 60.7 Å². The minimum absolute atomic E-state index is 0.476. The average molecular weight is 312 g/mol. The van der Waals surface area contributed by atoms with Gasteiger partial charge in [0.05, 0.1) is 0 Å². The summed E-state index contributed by atoms with van der Waals surface area (Å²) in [7, 11) is 0.476. The average Bonchev–Trinajstić information content (AvgIpc) is 2.57. The van der Waals surface area contributed by atoms with Gasteiger partial charge in [-0.25, -0.2) is 0 Å². The molecule has 1 aliphatic carbocycles. The van der Waals surface area contributed by atoms with E-state index in [0.29, 0.717) is 10.9 Å². The molecule has 22 heavy (non-hydrogen) atoms. The number of rotatable bonds is 6. The van der Waals surface area contributed by atoms with E-state index >= 15 is 0 Å². The van der Waals surface area contributed by atoms with Gasteiger partial charge in [-0.3, -0.25) is 0 Å². The van der Waals surface area contributed by atoms with Crippen molar-refractivity contribution in [1.29, 1.82) is 0 Å². The first-order valence-corrected chi connectivity index (χ1v) is 10.4. The van der Waals surface area contributed by atoms with Gasteiger partial charge in [-0.05, 0) is 23.7 Å². The van der Waals surface area contributed by atoms with Crippen LogP contribution < -0.4 is 0 Å². The van der Waals surface area contributed by atoms with E-state index in [0.717, 1.165) is 5.92 Å². The van der Waals surface area contributed by atoms with Gasteiger partial charge in [0.25, 0.3) is 0 Å². The summed E-state index contributed by atoms with van der Waals surface area (Å²) in [4.78, 5) is 0. The fourth-order valence-electron chi connectivity index (χ4n) is 3.48. The Morgan fingerprint density at radius 3 is 1.68 bits per heavy atom. The molecule has 0 N–H and O–H groups in total. The van der Waals surface area contributed by atoms with Gasteiger partial charge in [0.15, 0.2) is 0 Å². The predicted molar refractivity (Wildman–Crippen MR) is 99.1 cm³/mol. The van der Waals surface area contributed by atoms with Crippen molar-refractivity contribution >= 4 is 10.9 Å². The molecule has 0 radical (unpaired) electrons. The number of hydrogen-bond donors (Lipinski definition) is 0. The lowest BCUT2D eigenvalue weighted by Gasteiger charge is -2.21. The second-order valence-electron chi connectivity index (χ2n) is 6.54. The first kappa shape index (κ1) is 15.7. The van der Waals surface area contributed by atoms with E-state index in [1.807, 2.05) is 0 Å². The van der Waals surface area contributed by atoms with Gasteiger partial charge < -0.3 is 0 Å². The lowest BCUT2D eigenvalue weighted by atomic mass is 9.91. The lowest BCUT2D eigenvalue weighted by Crippen LogP contribution is -2.22. The second-order valence-corrected chi connectivity index (χ2v) is 8.68. The third-order valence-electron chi connectivity index (χ3n) is 4.62. The van der Waals surface area contributed by atoms with Crippen molar-refractivity contribution in [3.63, 3.8) is 0 Å². The van der Waals surface area contributed by atoms with Crippen LogP contribution >= 0.6 is 0 Å². The van der Waals surface area contributed by atoms with Crippen molar-refractivity contribution in [1.82, 2.24) is 0 Å². The van der Waals surface area contributed by atoms with E-state index in [9.17, 15) is 0 Å². The maximum Gasteiger partial charge on any atom is 0.133 e. The van der Waals surface area contributed by atoms with Crippen LogP contribution in [0.2, 0.25) is 0 Å². The zero-order chi connectivity index (χ0) is 15.0. The number of hydrogen-bond acceptors (Lipinski definition) is 0. The molecule has 0 amide bonds. The van der Waals surface area contributed by atoms with Crippen LogP contribution in [0.3, 0.4) is 0 Å². The van der Waals surface area contributed by atoms with Crippen molar-refractivity contribution in [3.8, 4) is 0 Å². The molecule has 0 spiro atoms. The van der Waals surface area contributed by atoms with Crippen LogP contribution in [0.1, 0.15) is 43.2 Å². The van der Waals surface area contributed by atoms with Crippen LogP contribution in [-0.4, -0.2) is 5.75 Å². The van der Waals surface area contributed by atoms with E-state index in [4.69, 9.17) is 0 Å². The van der Waals surface area contributed by atoms with Gasteiger partial charge in [-0.15, -0.1) is 0 Å². The van der Waals surface area contributed by atoms with E-state index in [-0.39, 0.29) is 0 Å². The maximum absolute atomic E-state index is 2.30. The van der Waals surface area contributed by atoms with Crippen molar-refractivity contribution in [2.45, 2.75) is 43.6 Å². The van der Waals surface area contributed by atoms with Crippen LogP contribution in [0.5, 0.6) is 0 Å². The summed E-state index contributed by atoms with van der Waals surface area (Å²) in [5.41, 5.74) is 3.02. The molecular formula is C21H27S+. The van der Waals surface area contributed by atoms with E-state index < -0.39 is 0 Å². The Morgan fingerprint density at radius 1 is 0.682 bits per heavy atom. The fourth-order valence-corrected chi connectivity index (χ4v) is 6.14. The molecule has 0 unspecified atom stereocenters. The van der Waals surface area contributed by atoms with Crippen molar-refractivity contribution < 1.29 is 0 Å². The Hall–Kier alpha value is -1.21. The Bertz CT molecular complexity index is 487. The molecule has 116 valence electrons. The molecule has 1 aliphatic rings. The molecule has 0 bridgehead atoms. The minimum atomic E-state index is 0.476. The molecule has 0 aromatic heterocycles. The topological polar surface area (TPSA) is 0 Å². The molecule has 2 aromatic carbocycles. The summed E-state index contributed by atoms with van der Waals surface area (Å²) in [6.07, 6.45) is 7.30. The van der Waals surface area contributed by atoms with Gasteiger partial charge in [0.1, 0.15) is 17.3 Å². The molecule has 1 fully saturated rings. The Balaban J connectivity index is 1.66. The highest BCUT2D eigenvalue weighted by atomic mass is 32.2. The van der Waals surface area contributed by atoms with Crippen molar-refractivity contribution in [2.24, 2.45) is 5.92 Å². The molecule has 0 saturated heterocycles. The smallest absolute Gasteiger partial charge is 0.0622 e. The first-order chi connectivity index (χ1) is 10.9. The Kier molecular flexibility index (Phi) is 6.01. The highest BCUT2D eigenvalue weighted by Gasteiger charge is 2.26. The summed E-state index contributed by atoms with van der Waals surface area (Å²) in [6, 6.07) is 22.2. The van der Waals surface area contributed by atoms with Crippen molar-refractivity contribution in [2.75, 3.05) is 5.75 Å². The second kappa shape index (κ2) is 8.43. The highest BCUT2D eigenvalue weighted by Crippen LogP contribution is 2.28. The molecule has 0 heterocycles. The van der Waals surface area contributed by atoms with Crippen LogP contribution in [0, 0.1) is 5.92 Å². The maximum atomic E-state index is 2.30. The first-order valence-electron chi connectivity index (χ1n) is 8.62. The largest absolute Gasteiger partial charge is 0.133 e. The SMILES string of the molecule is c1ccc(C[S+](Cc2ccccc2)CC2CCCCC2)cc1. The zero-order valence-corrected chi connectivity index (χ0v) is 14.2. The highest BCUT2D eigenvalue weighted by molar-refractivity contribution is 7.95. The molecule has 3 rings (SSSR count). The predicted octanol–water partition coefficient (Wildman–Crippen LogP) is 5.59. The molecular weight excluding hydrogens is 284 g/mol. The van der Waals surface area contributed by atoms with Gasteiger partial charge >= 0.3 is 0 Å². The summed E-state index contributed by atoms with van der Waals surface area (Å²) >= 11 is 0. The van der Waals surface area contributed by atoms with Crippen LogP contribution in [0.15, 0.2) is 60.7 Å². The van der Waals surface area contributed by atoms with Crippen LogP contribution in [0.4, 0.5) is 0 Å². The molecule has 1 heteroatoms. The van der Waals surface area contributed by atoms with Crippen LogP contribution in [0.25, 0.3) is 0 Å². The van der Waals surface area contributed by atoms with E-state index in [1.165, 1.54) is 60.5 Å². The van der Waals surface area contributed by atoms with Gasteiger partial charge in [0, 0.05) is 17.0 Å². The third kappa shape index (κ3) is 4.91. The lowest BCUT2D eigenvalue weighted by molar-refractivity contribution is 0.390.